The molecule has 3 heterocycles. The molecule has 0 spiro atoms. The van der Waals surface area contributed by atoms with Crippen molar-refractivity contribution >= 4 is 23.4 Å². The van der Waals surface area contributed by atoms with Gasteiger partial charge in [-0.25, -0.2) is 0 Å². The maximum Gasteiger partial charge on any atom is 0.256 e. The van der Waals surface area contributed by atoms with Crippen molar-refractivity contribution in [3.05, 3.63) is 65.2 Å². The summed E-state index contributed by atoms with van der Waals surface area (Å²) in [6.45, 7) is 2.46. The van der Waals surface area contributed by atoms with Crippen molar-refractivity contribution in [2.24, 2.45) is 0 Å². The van der Waals surface area contributed by atoms with E-state index in [4.69, 9.17) is 0 Å². The molecular formula is C24H25N3O3. The van der Waals surface area contributed by atoms with Gasteiger partial charge in [-0.1, -0.05) is 30.3 Å². The average molecular weight is 403 g/mol. The largest absolute Gasteiger partial charge is 0.339 e. The number of benzene rings is 2. The van der Waals surface area contributed by atoms with E-state index in [0.29, 0.717) is 29.8 Å². The van der Waals surface area contributed by atoms with Gasteiger partial charge in [0, 0.05) is 25.2 Å². The van der Waals surface area contributed by atoms with Crippen molar-refractivity contribution in [2.75, 3.05) is 24.5 Å². The van der Waals surface area contributed by atoms with E-state index in [1.54, 1.807) is 15.9 Å². The molecule has 0 aromatic heterocycles. The number of rotatable bonds is 3. The Morgan fingerprint density at radius 3 is 2.47 bits per heavy atom. The van der Waals surface area contributed by atoms with Crippen LogP contribution >= 0.6 is 0 Å². The summed E-state index contributed by atoms with van der Waals surface area (Å²) in [6, 6.07) is 14.4. The molecule has 5 rings (SSSR count). The van der Waals surface area contributed by atoms with Gasteiger partial charge in [-0.05, 0) is 49.4 Å². The van der Waals surface area contributed by atoms with Crippen LogP contribution in [0.2, 0.25) is 0 Å². The second-order valence-corrected chi connectivity index (χ2v) is 8.25. The van der Waals surface area contributed by atoms with E-state index in [1.165, 1.54) is 0 Å². The molecule has 6 nitrogen and oxygen atoms in total. The Morgan fingerprint density at radius 1 is 0.900 bits per heavy atom. The molecule has 0 N–H and O–H groups in total. The first kappa shape index (κ1) is 18.9. The summed E-state index contributed by atoms with van der Waals surface area (Å²) in [5.74, 6) is -0.114. The number of likely N-dealkylation sites (tertiary alicyclic amines) is 1. The molecule has 6 heteroatoms. The highest BCUT2D eigenvalue weighted by Crippen LogP contribution is 2.33. The molecule has 154 valence electrons. The number of hydrogen-bond donors (Lipinski definition) is 0. The van der Waals surface area contributed by atoms with Crippen LogP contribution in [0.4, 0.5) is 5.69 Å². The van der Waals surface area contributed by atoms with Gasteiger partial charge < -0.3 is 14.7 Å². The SMILES string of the molecule is O=C(c1ccccc1CN1C(=O)C2CCCN2C(=O)c2ccccc21)N1CCCC1. The Hall–Kier alpha value is -3.15. The Bertz CT molecular complexity index is 1010. The van der Waals surface area contributed by atoms with Crippen LogP contribution in [0.1, 0.15) is 52.0 Å². The van der Waals surface area contributed by atoms with Gasteiger partial charge in [0.15, 0.2) is 0 Å². The van der Waals surface area contributed by atoms with Gasteiger partial charge in [0.1, 0.15) is 6.04 Å². The molecule has 0 aliphatic carbocycles. The predicted molar refractivity (Wildman–Crippen MR) is 113 cm³/mol. The lowest BCUT2D eigenvalue weighted by Crippen LogP contribution is -2.44. The molecule has 0 radical (unpaired) electrons. The van der Waals surface area contributed by atoms with Crippen LogP contribution in [0.15, 0.2) is 48.5 Å². The number of carbonyl (C=O) groups excluding carboxylic acids is 3. The van der Waals surface area contributed by atoms with Gasteiger partial charge >= 0.3 is 0 Å². The first-order valence-corrected chi connectivity index (χ1v) is 10.7. The topological polar surface area (TPSA) is 60.9 Å². The lowest BCUT2D eigenvalue weighted by molar-refractivity contribution is -0.122. The summed E-state index contributed by atoms with van der Waals surface area (Å²) in [5, 5.41) is 0. The third-order valence-electron chi connectivity index (χ3n) is 6.46. The number of fused-ring (bicyclic) bond motifs is 2. The maximum atomic E-state index is 13.5. The fourth-order valence-electron chi connectivity index (χ4n) is 4.90. The van der Waals surface area contributed by atoms with E-state index < -0.39 is 6.04 Å². The van der Waals surface area contributed by atoms with Crippen molar-refractivity contribution < 1.29 is 14.4 Å². The molecule has 3 aliphatic rings. The number of amides is 3. The summed E-state index contributed by atoms with van der Waals surface area (Å²) in [6.07, 6.45) is 3.59. The summed E-state index contributed by atoms with van der Waals surface area (Å²) in [4.78, 5) is 45.0. The van der Waals surface area contributed by atoms with Gasteiger partial charge in [-0.3, -0.25) is 14.4 Å². The Labute approximate surface area is 176 Å². The van der Waals surface area contributed by atoms with E-state index in [9.17, 15) is 14.4 Å². The van der Waals surface area contributed by atoms with Crippen molar-refractivity contribution in [3.8, 4) is 0 Å². The Balaban J connectivity index is 1.54. The fraction of sp³-hybridized carbons (Fsp3) is 0.375. The van der Waals surface area contributed by atoms with Crippen molar-refractivity contribution in [2.45, 2.75) is 38.3 Å². The highest BCUT2D eigenvalue weighted by Gasteiger charge is 2.42. The lowest BCUT2D eigenvalue weighted by Gasteiger charge is -2.27. The summed E-state index contributed by atoms with van der Waals surface area (Å²) in [5.41, 5.74) is 2.64. The zero-order valence-corrected chi connectivity index (χ0v) is 16.9. The van der Waals surface area contributed by atoms with Crippen LogP contribution in [0.25, 0.3) is 0 Å². The van der Waals surface area contributed by atoms with Crippen molar-refractivity contribution in [1.82, 2.24) is 9.80 Å². The minimum absolute atomic E-state index is 0.0252. The summed E-state index contributed by atoms with van der Waals surface area (Å²) >= 11 is 0. The minimum Gasteiger partial charge on any atom is -0.339 e. The maximum absolute atomic E-state index is 13.5. The van der Waals surface area contributed by atoms with E-state index in [0.717, 1.165) is 37.9 Å². The molecule has 1 unspecified atom stereocenters. The summed E-state index contributed by atoms with van der Waals surface area (Å²) in [7, 11) is 0. The molecule has 2 aromatic rings. The number of carbonyl (C=O) groups is 3. The van der Waals surface area contributed by atoms with Crippen LogP contribution in [0.5, 0.6) is 0 Å². The van der Waals surface area contributed by atoms with Gasteiger partial charge in [-0.15, -0.1) is 0 Å². The van der Waals surface area contributed by atoms with Gasteiger partial charge in [0.05, 0.1) is 17.8 Å². The average Bonchev–Trinajstić information content (AvgIpc) is 3.47. The quantitative estimate of drug-likeness (QED) is 0.791. The van der Waals surface area contributed by atoms with Crippen molar-refractivity contribution in [3.63, 3.8) is 0 Å². The van der Waals surface area contributed by atoms with E-state index in [2.05, 4.69) is 0 Å². The van der Waals surface area contributed by atoms with E-state index >= 15 is 0 Å². The van der Waals surface area contributed by atoms with Gasteiger partial charge in [-0.2, -0.15) is 0 Å². The van der Waals surface area contributed by atoms with Crippen LogP contribution in [0, 0.1) is 0 Å². The zero-order valence-electron chi connectivity index (χ0n) is 16.9. The molecule has 30 heavy (non-hydrogen) atoms. The second-order valence-electron chi connectivity index (χ2n) is 8.25. The van der Waals surface area contributed by atoms with Gasteiger partial charge in [0.25, 0.3) is 11.8 Å². The van der Waals surface area contributed by atoms with Crippen LogP contribution in [-0.2, 0) is 11.3 Å². The van der Waals surface area contributed by atoms with Crippen LogP contribution in [-0.4, -0.2) is 53.2 Å². The smallest absolute Gasteiger partial charge is 0.256 e. The molecular weight excluding hydrogens is 378 g/mol. The van der Waals surface area contributed by atoms with Crippen molar-refractivity contribution in [1.29, 1.82) is 0 Å². The lowest BCUT2D eigenvalue weighted by atomic mass is 10.0. The normalized spacial score (nSPS) is 20.9. The third-order valence-corrected chi connectivity index (χ3v) is 6.46. The molecule has 0 saturated carbocycles. The Morgan fingerprint density at radius 2 is 1.63 bits per heavy atom. The zero-order chi connectivity index (χ0) is 20.7. The highest BCUT2D eigenvalue weighted by molar-refractivity contribution is 6.11. The standard InChI is InChI=1S/C24H25N3O3/c28-22(25-13-5-6-14-25)18-9-2-1-8-17(18)16-27-20-11-4-3-10-19(20)23(29)26-15-7-12-21(26)24(27)30/h1-4,8-11,21H,5-7,12-16H2. The number of anilines is 1. The minimum atomic E-state index is -0.425. The van der Waals surface area contributed by atoms with Gasteiger partial charge in [0.2, 0.25) is 5.91 Å². The third kappa shape index (κ3) is 3.07. The van der Waals surface area contributed by atoms with E-state index in [1.807, 2.05) is 47.4 Å². The molecule has 3 amide bonds. The van der Waals surface area contributed by atoms with E-state index in [-0.39, 0.29) is 24.3 Å². The van der Waals surface area contributed by atoms with Crippen LogP contribution in [0.3, 0.4) is 0 Å². The first-order valence-electron chi connectivity index (χ1n) is 10.7. The number of nitrogens with zero attached hydrogens (tertiary/aromatic N) is 3. The highest BCUT2D eigenvalue weighted by atomic mass is 16.2. The van der Waals surface area contributed by atoms with Crippen LogP contribution < -0.4 is 4.90 Å². The first-order chi connectivity index (χ1) is 14.6. The monoisotopic (exact) mass is 403 g/mol. The predicted octanol–water partition coefficient (Wildman–Crippen LogP) is 3.07. The molecule has 2 aromatic carbocycles. The number of para-hydroxylation sites is 1. The molecule has 0 bridgehead atoms. The Kier molecular flexibility index (Phi) is 4.77. The molecule has 2 fully saturated rings. The second kappa shape index (κ2) is 7.59. The molecule has 3 aliphatic heterocycles. The molecule has 2 saturated heterocycles. The summed E-state index contributed by atoms with van der Waals surface area (Å²) < 4.78 is 0. The number of hydrogen-bond acceptors (Lipinski definition) is 3. The fourth-order valence-corrected chi connectivity index (χ4v) is 4.90. The molecule has 1 atom stereocenters.